The molecular formula is C38H68BrClMgN4S2. The number of thioether (sulfide) groups is 2. The molecule has 0 fully saturated rings. The topological polar surface area (TPSA) is 51.6 Å². The number of halogens is 2. The molecule has 0 aromatic carbocycles. The summed E-state index contributed by atoms with van der Waals surface area (Å²) in [4.78, 5) is 16.6. The third kappa shape index (κ3) is 37.5. The van der Waals surface area contributed by atoms with E-state index in [0.29, 0.717) is 10.3 Å². The van der Waals surface area contributed by atoms with Crippen molar-refractivity contribution in [2.45, 2.75) is 185 Å². The number of hydrogen-bond donors (Lipinski definition) is 0. The Morgan fingerprint density at radius 1 is 0.553 bits per heavy atom. The Morgan fingerprint density at radius 2 is 0.915 bits per heavy atom. The van der Waals surface area contributed by atoms with Crippen molar-refractivity contribution in [1.82, 2.24) is 19.9 Å². The number of rotatable bonds is 26. The summed E-state index contributed by atoms with van der Waals surface area (Å²) >= 11 is 8.66. The van der Waals surface area contributed by atoms with E-state index in [-0.39, 0.29) is 40.0 Å². The number of nitrogens with zero attached hydrogens (tertiary/aromatic N) is 4. The van der Waals surface area contributed by atoms with Gasteiger partial charge < -0.3 is 23.9 Å². The molecule has 0 unspecified atom stereocenters. The molecule has 0 amide bonds. The number of unbranched alkanes of at least 4 members (excludes halogenated alkanes) is 22. The summed E-state index contributed by atoms with van der Waals surface area (Å²) in [6.07, 6.45) is 42.3. The normalized spacial score (nSPS) is 10.2. The quantitative estimate of drug-likeness (QED) is 0.0237. The van der Waals surface area contributed by atoms with Crippen LogP contribution < -0.4 is 17.0 Å². The first-order valence-electron chi connectivity index (χ1n) is 18.3. The summed E-state index contributed by atoms with van der Waals surface area (Å²) in [5.74, 6) is 0. The molecule has 4 nitrogen and oxygen atoms in total. The van der Waals surface area contributed by atoms with Crippen LogP contribution in [0, 0.1) is 6.92 Å². The van der Waals surface area contributed by atoms with E-state index in [1.54, 1.807) is 24.0 Å². The molecule has 268 valence electrons. The van der Waals surface area contributed by atoms with Crippen molar-refractivity contribution in [1.29, 1.82) is 0 Å². The average molecular weight is 785 g/mol. The first kappa shape index (κ1) is 51.8. The first-order valence-corrected chi connectivity index (χ1v) is 21.1. The van der Waals surface area contributed by atoms with Crippen LogP contribution in [0.2, 0.25) is 5.15 Å². The van der Waals surface area contributed by atoms with Gasteiger partial charge in [-0.2, -0.15) is 6.42 Å². The fourth-order valence-electron chi connectivity index (χ4n) is 5.02. The van der Waals surface area contributed by atoms with Gasteiger partial charge in [0.05, 0.1) is 0 Å². The Kier molecular flexibility index (Phi) is 46.9. The van der Waals surface area contributed by atoms with E-state index >= 15 is 0 Å². The zero-order valence-electron chi connectivity index (χ0n) is 30.8. The maximum atomic E-state index is 5.56. The molecule has 0 N–H and O–H groups in total. The van der Waals surface area contributed by atoms with E-state index < -0.39 is 0 Å². The molecule has 2 aromatic heterocycles. The van der Waals surface area contributed by atoms with E-state index in [1.165, 1.54) is 165 Å². The van der Waals surface area contributed by atoms with Crippen LogP contribution in [-0.2, 0) is 6.42 Å². The van der Waals surface area contributed by atoms with Gasteiger partial charge in [0.1, 0.15) is 5.15 Å². The maximum Gasteiger partial charge on any atom is 2.00 e. The molecule has 2 rings (SSSR count). The Morgan fingerprint density at radius 3 is 1.28 bits per heavy atom. The minimum atomic E-state index is 0. The molecule has 0 spiro atoms. The monoisotopic (exact) mass is 782 g/mol. The molecule has 0 aliphatic heterocycles. The second-order valence-corrected chi connectivity index (χ2v) is 13.9. The van der Waals surface area contributed by atoms with Crippen LogP contribution in [0.1, 0.15) is 174 Å². The summed E-state index contributed by atoms with van der Waals surface area (Å²) in [6, 6.07) is 3.71. The summed E-state index contributed by atoms with van der Waals surface area (Å²) < 4.78 is 0. The minimum absolute atomic E-state index is 0. The zero-order valence-corrected chi connectivity index (χ0v) is 36.2. The van der Waals surface area contributed by atoms with Crippen LogP contribution in [0.3, 0.4) is 0 Å². The van der Waals surface area contributed by atoms with Crippen molar-refractivity contribution < 1.29 is 17.0 Å². The fraction of sp³-hybridized carbons (Fsp3) is 0.763. The van der Waals surface area contributed by atoms with Gasteiger partial charge >= 0.3 is 23.1 Å². The van der Waals surface area contributed by atoms with Crippen molar-refractivity contribution in [3.8, 4) is 0 Å². The molecule has 0 radical (unpaired) electrons. The largest absolute Gasteiger partial charge is 2.00 e. The fourth-order valence-corrected chi connectivity index (χ4v) is 5.94. The molecule has 0 saturated heterocycles. The predicted molar refractivity (Wildman–Crippen MR) is 210 cm³/mol. The summed E-state index contributed by atoms with van der Waals surface area (Å²) in [5, 5.41) is 2.10. The molecule has 0 atom stereocenters. The smallest absolute Gasteiger partial charge is 1.00 e. The Labute approximate surface area is 332 Å². The van der Waals surface area contributed by atoms with Gasteiger partial charge in [-0.1, -0.05) is 190 Å². The molecular weight excluding hydrogens is 716 g/mol. The van der Waals surface area contributed by atoms with Crippen molar-refractivity contribution in [2.24, 2.45) is 0 Å². The molecule has 0 aliphatic carbocycles. The van der Waals surface area contributed by atoms with Gasteiger partial charge in [-0.25, -0.2) is 19.9 Å². The third-order valence-electron chi connectivity index (χ3n) is 7.80. The Hall–Kier alpha value is 0.396. The van der Waals surface area contributed by atoms with Crippen molar-refractivity contribution in [2.75, 3.05) is 12.5 Å². The Balaban J connectivity index is -0.000000665. The van der Waals surface area contributed by atoms with Gasteiger partial charge in [0.15, 0.2) is 10.3 Å². The molecule has 2 aromatic rings. The van der Waals surface area contributed by atoms with Gasteiger partial charge in [-0.05, 0) is 37.5 Å². The van der Waals surface area contributed by atoms with E-state index in [2.05, 4.69) is 46.8 Å². The first-order chi connectivity index (χ1) is 22.1. The van der Waals surface area contributed by atoms with E-state index in [9.17, 15) is 0 Å². The second-order valence-electron chi connectivity index (χ2n) is 11.9. The van der Waals surface area contributed by atoms with Crippen molar-refractivity contribution in [3.63, 3.8) is 0 Å². The summed E-state index contributed by atoms with van der Waals surface area (Å²) in [7, 11) is 0. The van der Waals surface area contributed by atoms with Crippen LogP contribution in [0.4, 0.5) is 0 Å². The standard InChI is InChI=1S/C19H34N2S.C14H29.C5H5ClN2S.BrH.Mg/c1-3-4-5-6-7-8-9-10-11-12-13-14-15-18-16-17-20-19(21-18)22-2;1-3-5-7-9-11-13-14-12-10-8-6-4-2;1-9-5-7-3-2-4(6)8-5;;/h16-17H,3-15H2,1-2H3;1,3-14H2,2H3;2-3H,1H3;1H;/q;-1;;;+2/p-1. The van der Waals surface area contributed by atoms with Crippen LogP contribution in [0.25, 0.3) is 0 Å². The molecule has 9 heteroatoms. The number of aryl methyl sites for hydroxylation is 1. The van der Waals surface area contributed by atoms with Gasteiger partial charge in [0, 0.05) is 18.1 Å². The van der Waals surface area contributed by atoms with Crippen molar-refractivity contribution >= 4 is 58.2 Å². The van der Waals surface area contributed by atoms with Crippen LogP contribution >= 0.6 is 35.1 Å². The Bertz CT molecular complexity index is 873. The second kappa shape index (κ2) is 42.6. The van der Waals surface area contributed by atoms with E-state index in [4.69, 9.17) is 11.6 Å². The molecule has 0 bridgehead atoms. The van der Waals surface area contributed by atoms with E-state index in [0.717, 1.165) is 18.0 Å². The number of aromatic nitrogens is 4. The van der Waals surface area contributed by atoms with Gasteiger partial charge in [0.2, 0.25) is 0 Å². The molecule has 0 saturated carbocycles. The third-order valence-corrected chi connectivity index (χ3v) is 9.13. The minimum Gasteiger partial charge on any atom is -1.00 e. The van der Waals surface area contributed by atoms with E-state index in [1.807, 2.05) is 18.7 Å². The predicted octanol–water partition coefficient (Wildman–Crippen LogP) is 10.4. The van der Waals surface area contributed by atoms with Crippen LogP contribution in [0.5, 0.6) is 0 Å². The van der Waals surface area contributed by atoms with Crippen LogP contribution in [-0.4, -0.2) is 55.5 Å². The van der Waals surface area contributed by atoms with Gasteiger partial charge in [-0.15, -0.1) is 0 Å². The van der Waals surface area contributed by atoms with Crippen LogP contribution in [0.15, 0.2) is 34.8 Å². The molecule has 47 heavy (non-hydrogen) atoms. The summed E-state index contributed by atoms with van der Waals surface area (Å²) in [6.45, 7) is 8.43. The average Bonchev–Trinajstić information content (AvgIpc) is 3.07. The molecule has 0 aliphatic rings. The SMILES string of the molecule is CCCCCCCCCCCCCCc1ccnc(SC)n1.CSc1nccc(Cl)n1.[Br-].[CH2-]CCCCCCCCCCCCC.[Mg+2]. The van der Waals surface area contributed by atoms with Gasteiger partial charge in [-0.3, -0.25) is 0 Å². The molecule has 2 heterocycles. The zero-order chi connectivity index (χ0) is 33.1. The number of hydrogen-bond acceptors (Lipinski definition) is 6. The maximum absolute atomic E-state index is 5.56. The summed E-state index contributed by atoms with van der Waals surface area (Å²) in [5.41, 5.74) is 1.20. The van der Waals surface area contributed by atoms with Gasteiger partial charge in [0.25, 0.3) is 0 Å². The van der Waals surface area contributed by atoms with Crippen molar-refractivity contribution in [3.05, 3.63) is 42.3 Å².